The highest BCUT2D eigenvalue weighted by atomic mass is 19.1. The van der Waals surface area contributed by atoms with Crippen molar-refractivity contribution in [1.82, 2.24) is 29.8 Å². The zero-order valence-corrected chi connectivity index (χ0v) is 18.9. The van der Waals surface area contributed by atoms with E-state index in [2.05, 4.69) is 30.6 Å². The predicted molar refractivity (Wildman–Crippen MR) is 124 cm³/mol. The average molecular weight is 466 g/mol. The maximum atomic E-state index is 14.6. The van der Waals surface area contributed by atoms with Crippen molar-refractivity contribution >= 4 is 22.6 Å². The number of nitrogens with one attached hydrogen (secondary N) is 3. The molecule has 2 atom stereocenters. The van der Waals surface area contributed by atoms with Crippen LogP contribution in [0.2, 0.25) is 0 Å². The summed E-state index contributed by atoms with van der Waals surface area (Å²) >= 11 is 0. The van der Waals surface area contributed by atoms with Gasteiger partial charge in [0, 0.05) is 42.5 Å². The molecule has 0 saturated heterocycles. The quantitative estimate of drug-likeness (QED) is 0.412. The summed E-state index contributed by atoms with van der Waals surface area (Å²) in [6.07, 6.45) is 9.19. The van der Waals surface area contributed by atoms with Crippen LogP contribution < -0.4 is 10.6 Å². The van der Waals surface area contributed by atoms with Crippen molar-refractivity contribution in [3.05, 3.63) is 59.9 Å². The lowest BCUT2D eigenvalue weighted by atomic mass is 9.91. The molecule has 1 aliphatic carbocycles. The van der Waals surface area contributed by atoms with Crippen LogP contribution in [0.15, 0.2) is 37.1 Å². The Balaban J connectivity index is 1.33. The fourth-order valence-corrected chi connectivity index (χ4v) is 4.54. The Morgan fingerprint density at radius 2 is 2.00 bits per heavy atom. The summed E-state index contributed by atoms with van der Waals surface area (Å²) < 4.78 is 30.6. The first-order valence-corrected chi connectivity index (χ1v) is 11.2. The normalized spacial score (nSPS) is 18.2. The molecule has 0 radical (unpaired) electrons. The zero-order valence-electron chi connectivity index (χ0n) is 18.9. The van der Waals surface area contributed by atoms with Crippen LogP contribution in [0, 0.1) is 18.6 Å². The number of H-pyrrole nitrogens is 1. The lowest BCUT2D eigenvalue weighted by molar-refractivity contribution is 0.0921. The van der Waals surface area contributed by atoms with E-state index in [-0.39, 0.29) is 29.6 Å². The number of hydrogen-bond donors (Lipinski definition) is 3. The summed E-state index contributed by atoms with van der Waals surface area (Å²) in [7, 11) is 1.81. The van der Waals surface area contributed by atoms with E-state index in [1.807, 2.05) is 20.0 Å². The standard InChI is InChI=1S/C24H25F2N7O/c1-13-6-16-17(9-27-21(16)18(25)7-13)22-28-10-19(26)23(32-22)30-14-4-3-5-15(8-14)31-24(34)20-11-33(2)12-29-20/h6-7,9-12,14-15,27H,3-5,8H2,1-2H3,(H,31,34)(H,28,30,32)/t14-,15+/m0/s1. The third-order valence-electron chi connectivity index (χ3n) is 6.16. The van der Waals surface area contributed by atoms with Crippen LogP contribution in [0.25, 0.3) is 22.3 Å². The molecule has 0 spiro atoms. The Morgan fingerprint density at radius 3 is 2.79 bits per heavy atom. The number of carbonyl (C=O) groups excluding carboxylic acids is 1. The topological polar surface area (TPSA) is 101 Å². The number of nitrogens with zero attached hydrogens (tertiary/aromatic N) is 4. The molecule has 1 amide bonds. The van der Waals surface area contributed by atoms with Crippen LogP contribution in [0.5, 0.6) is 0 Å². The molecule has 8 nitrogen and oxygen atoms in total. The van der Waals surface area contributed by atoms with E-state index in [9.17, 15) is 13.6 Å². The zero-order chi connectivity index (χ0) is 23.8. The van der Waals surface area contributed by atoms with Gasteiger partial charge in [-0.1, -0.05) is 0 Å². The van der Waals surface area contributed by atoms with Crippen molar-refractivity contribution in [1.29, 1.82) is 0 Å². The minimum absolute atomic E-state index is 0.0512. The van der Waals surface area contributed by atoms with E-state index < -0.39 is 5.82 Å². The number of imidazole rings is 1. The minimum atomic E-state index is -0.564. The van der Waals surface area contributed by atoms with Crippen LogP contribution in [-0.4, -0.2) is 42.5 Å². The number of aryl methyl sites for hydroxylation is 2. The third kappa shape index (κ3) is 4.35. The third-order valence-corrected chi connectivity index (χ3v) is 6.16. The highest BCUT2D eigenvalue weighted by Gasteiger charge is 2.25. The molecule has 3 N–H and O–H groups in total. The van der Waals surface area contributed by atoms with Gasteiger partial charge in [-0.05, 0) is 50.3 Å². The second-order valence-corrected chi connectivity index (χ2v) is 8.86. The number of rotatable bonds is 5. The van der Waals surface area contributed by atoms with Crippen LogP contribution in [0.3, 0.4) is 0 Å². The van der Waals surface area contributed by atoms with Gasteiger partial charge in [0.25, 0.3) is 5.91 Å². The number of amides is 1. The van der Waals surface area contributed by atoms with Gasteiger partial charge < -0.3 is 20.2 Å². The summed E-state index contributed by atoms with van der Waals surface area (Å²) in [5, 5.41) is 6.85. The number of anilines is 1. The SMILES string of the molecule is Cc1cc(F)c2[nH]cc(-c3ncc(F)c(N[C@H]4CCC[C@@H](NC(=O)c5cn(C)cn5)C4)n3)c2c1. The second-order valence-electron chi connectivity index (χ2n) is 8.86. The maximum Gasteiger partial charge on any atom is 0.271 e. The fourth-order valence-electron chi connectivity index (χ4n) is 4.54. The molecule has 5 rings (SSSR count). The van der Waals surface area contributed by atoms with E-state index in [0.29, 0.717) is 34.4 Å². The summed E-state index contributed by atoms with van der Waals surface area (Å²) in [6, 6.07) is 3.18. The molecule has 3 aromatic heterocycles. The summed E-state index contributed by atoms with van der Waals surface area (Å²) in [6.45, 7) is 1.81. The van der Waals surface area contributed by atoms with Gasteiger partial charge in [0.2, 0.25) is 0 Å². The van der Waals surface area contributed by atoms with Crippen molar-refractivity contribution in [3.8, 4) is 11.4 Å². The largest absolute Gasteiger partial charge is 0.365 e. The Bertz CT molecular complexity index is 1360. The molecular weight excluding hydrogens is 440 g/mol. The van der Waals surface area contributed by atoms with Gasteiger partial charge in [-0.25, -0.2) is 23.7 Å². The Labute approximate surface area is 194 Å². The molecule has 176 valence electrons. The molecule has 1 aliphatic rings. The molecule has 0 bridgehead atoms. The number of hydrogen-bond acceptors (Lipinski definition) is 5. The van der Waals surface area contributed by atoms with Gasteiger partial charge >= 0.3 is 0 Å². The van der Waals surface area contributed by atoms with Crippen molar-refractivity contribution < 1.29 is 13.6 Å². The number of aromatic amines is 1. The van der Waals surface area contributed by atoms with Crippen molar-refractivity contribution in [2.75, 3.05) is 5.32 Å². The van der Waals surface area contributed by atoms with Crippen LogP contribution in [0.1, 0.15) is 41.7 Å². The maximum absolute atomic E-state index is 14.6. The van der Waals surface area contributed by atoms with E-state index in [4.69, 9.17) is 0 Å². The summed E-state index contributed by atoms with van der Waals surface area (Å²) in [5.74, 6) is -0.748. The second kappa shape index (κ2) is 8.85. The van der Waals surface area contributed by atoms with Crippen molar-refractivity contribution in [2.24, 2.45) is 7.05 Å². The van der Waals surface area contributed by atoms with Gasteiger partial charge in [-0.3, -0.25) is 4.79 Å². The molecule has 0 unspecified atom stereocenters. The lowest BCUT2D eigenvalue weighted by Gasteiger charge is -2.30. The van der Waals surface area contributed by atoms with E-state index >= 15 is 0 Å². The van der Waals surface area contributed by atoms with E-state index in [0.717, 1.165) is 31.0 Å². The van der Waals surface area contributed by atoms with Crippen LogP contribution >= 0.6 is 0 Å². The van der Waals surface area contributed by atoms with Gasteiger partial charge in [0.05, 0.1) is 18.0 Å². The molecule has 1 fully saturated rings. The molecular formula is C24H25F2N7O. The lowest BCUT2D eigenvalue weighted by Crippen LogP contribution is -2.42. The predicted octanol–water partition coefficient (Wildman–Crippen LogP) is 4.10. The number of aromatic nitrogens is 5. The summed E-state index contributed by atoms with van der Waals surface area (Å²) in [4.78, 5) is 28.0. The first-order chi connectivity index (χ1) is 16.4. The van der Waals surface area contributed by atoms with Crippen LogP contribution in [0.4, 0.5) is 14.6 Å². The smallest absolute Gasteiger partial charge is 0.271 e. The van der Waals surface area contributed by atoms with Gasteiger partial charge in [0.1, 0.15) is 11.5 Å². The van der Waals surface area contributed by atoms with Crippen molar-refractivity contribution in [3.63, 3.8) is 0 Å². The number of fused-ring (bicyclic) bond motifs is 1. The first-order valence-electron chi connectivity index (χ1n) is 11.2. The monoisotopic (exact) mass is 465 g/mol. The molecule has 34 heavy (non-hydrogen) atoms. The van der Waals surface area contributed by atoms with Crippen LogP contribution in [-0.2, 0) is 7.05 Å². The molecule has 4 aromatic rings. The van der Waals surface area contributed by atoms with Gasteiger partial charge in [-0.15, -0.1) is 0 Å². The number of benzene rings is 1. The number of carbonyl (C=O) groups is 1. The average Bonchev–Trinajstić information content (AvgIpc) is 3.42. The Kier molecular flexibility index (Phi) is 5.72. The molecule has 1 saturated carbocycles. The Hall–Kier alpha value is -3.82. The molecule has 1 aromatic carbocycles. The van der Waals surface area contributed by atoms with E-state index in [1.54, 1.807) is 23.3 Å². The molecule has 0 aliphatic heterocycles. The minimum Gasteiger partial charge on any atom is -0.365 e. The summed E-state index contributed by atoms with van der Waals surface area (Å²) in [5.41, 5.74) is 2.10. The first kappa shape index (κ1) is 22.0. The van der Waals surface area contributed by atoms with Crippen molar-refractivity contribution in [2.45, 2.75) is 44.7 Å². The van der Waals surface area contributed by atoms with E-state index in [1.165, 1.54) is 6.07 Å². The Morgan fingerprint density at radius 1 is 1.18 bits per heavy atom. The molecule has 3 heterocycles. The van der Waals surface area contributed by atoms with Gasteiger partial charge in [0.15, 0.2) is 17.5 Å². The van der Waals surface area contributed by atoms with Gasteiger partial charge in [-0.2, -0.15) is 0 Å². The highest BCUT2D eigenvalue weighted by Crippen LogP contribution is 2.30. The molecule has 10 heteroatoms. The fraction of sp³-hybridized carbons (Fsp3) is 0.333. The number of halogens is 2. The highest BCUT2D eigenvalue weighted by molar-refractivity contribution is 5.94.